The summed E-state index contributed by atoms with van der Waals surface area (Å²) in [6, 6.07) is 0. The summed E-state index contributed by atoms with van der Waals surface area (Å²) in [5.41, 5.74) is 0. The van der Waals surface area contributed by atoms with E-state index in [2.05, 4.69) is 12.8 Å². The minimum absolute atomic E-state index is 0. The number of carbonyl (C=O) groups excluding carboxylic acids is 1. The van der Waals surface area contributed by atoms with Crippen molar-refractivity contribution >= 4 is 6.47 Å². The molecule has 0 aromatic carbocycles. The Morgan fingerprint density at radius 3 is 1.72 bits per heavy atom. The van der Waals surface area contributed by atoms with Crippen LogP contribution in [0.5, 0.6) is 0 Å². The monoisotopic (exact) mass is 329 g/mol. The van der Waals surface area contributed by atoms with Gasteiger partial charge in [0, 0.05) is 39.8 Å². The van der Waals surface area contributed by atoms with Gasteiger partial charge in [0.25, 0.3) is 6.47 Å². The number of hydrogen-bond donors (Lipinski definition) is 0. The SMILES string of the molecule is COC1CC[CH-]CC1.O=COC1CC[CH-]CC1.[Y]. The first kappa shape index (κ1) is 18.5. The molecule has 2 fully saturated rings. The minimum atomic E-state index is 0. The van der Waals surface area contributed by atoms with E-state index in [1.54, 1.807) is 7.11 Å². The Hall–Kier alpha value is 0.534. The topological polar surface area (TPSA) is 35.5 Å². The van der Waals surface area contributed by atoms with Gasteiger partial charge in [0.1, 0.15) is 0 Å². The Balaban J connectivity index is 0.000000306. The van der Waals surface area contributed by atoms with Crippen molar-refractivity contribution in [2.75, 3.05) is 7.11 Å². The van der Waals surface area contributed by atoms with E-state index in [9.17, 15) is 4.79 Å². The maximum atomic E-state index is 9.84. The van der Waals surface area contributed by atoms with E-state index in [-0.39, 0.29) is 38.8 Å². The van der Waals surface area contributed by atoms with E-state index < -0.39 is 0 Å². The van der Waals surface area contributed by atoms with Crippen LogP contribution in [0.25, 0.3) is 0 Å². The second-order valence-corrected chi connectivity index (χ2v) is 4.60. The molecule has 2 aliphatic rings. The van der Waals surface area contributed by atoms with Crippen molar-refractivity contribution in [2.45, 2.75) is 63.6 Å². The zero-order valence-electron chi connectivity index (χ0n) is 11.3. The molecule has 2 saturated carbocycles. The number of ether oxygens (including phenoxy) is 2. The van der Waals surface area contributed by atoms with Crippen molar-refractivity contribution in [3.63, 3.8) is 0 Å². The molecule has 0 bridgehead atoms. The van der Waals surface area contributed by atoms with Gasteiger partial charge in [-0.25, -0.2) is 0 Å². The Morgan fingerprint density at radius 2 is 1.39 bits per heavy atom. The van der Waals surface area contributed by atoms with Crippen molar-refractivity contribution in [3.8, 4) is 0 Å². The fourth-order valence-corrected chi connectivity index (χ4v) is 2.24. The van der Waals surface area contributed by atoms with Crippen LogP contribution in [0, 0.1) is 12.8 Å². The Kier molecular flexibility index (Phi) is 12.9. The van der Waals surface area contributed by atoms with Crippen LogP contribution in [-0.2, 0) is 47.0 Å². The molecule has 3 nitrogen and oxygen atoms in total. The average molecular weight is 329 g/mol. The summed E-state index contributed by atoms with van der Waals surface area (Å²) in [4.78, 5) is 9.84. The van der Waals surface area contributed by atoms with E-state index in [1.807, 2.05) is 0 Å². The standard InChI is InChI=1S/C7H11O2.C7H13O.Y/c8-6-9-7-4-2-1-3-5-7;1-8-7-5-3-2-4-6-7;/h1,6-7H,2-5H2;2,7H,3-6H2,1H3;/q2*-1;. The fraction of sp³-hybridized carbons (Fsp3) is 0.786. The van der Waals surface area contributed by atoms with Gasteiger partial charge in [-0.05, 0) is 12.8 Å². The van der Waals surface area contributed by atoms with E-state index in [1.165, 1.54) is 25.7 Å². The second kappa shape index (κ2) is 12.6. The average Bonchev–Trinajstić information content (AvgIpc) is 2.42. The fourth-order valence-electron chi connectivity index (χ4n) is 2.24. The molecule has 0 aliphatic heterocycles. The number of hydrogen-bond acceptors (Lipinski definition) is 3. The molecule has 0 amide bonds. The summed E-state index contributed by atoms with van der Waals surface area (Å²) < 4.78 is 9.95. The van der Waals surface area contributed by atoms with E-state index in [0.717, 1.165) is 25.7 Å². The molecular weight excluding hydrogens is 305 g/mol. The Bertz CT molecular complexity index is 187. The molecule has 0 aromatic heterocycles. The Labute approximate surface area is 136 Å². The Morgan fingerprint density at radius 1 is 0.944 bits per heavy atom. The molecule has 18 heavy (non-hydrogen) atoms. The molecule has 2 rings (SSSR count). The van der Waals surface area contributed by atoms with Gasteiger partial charge < -0.3 is 22.3 Å². The summed E-state index contributed by atoms with van der Waals surface area (Å²) in [5, 5.41) is 0. The van der Waals surface area contributed by atoms with Crippen LogP contribution in [-0.4, -0.2) is 25.8 Å². The molecule has 0 saturated heterocycles. The summed E-state index contributed by atoms with van der Waals surface area (Å²) in [5.74, 6) is 0. The normalized spacial score (nSPS) is 21.2. The number of carbonyl (C=O) groups is 1. The first-order valence-corrected chi connectivity index (χ1v) is 6.62. The number of methoxy groups -OCH3 is 1. The largest absolute Gasteiger partial charge is 0.465 e. The molecule has 2 aliphatic carbocycles. The maximum Gasteiger partial charge on any atom is 0.293 e. The molecule has 0 atom stereocenters. The predicted molar refractivity (Wildman–Crippen MR) is 67.3 cm³/mol. The van der Waals surface area contributed by atoms with Crippen LogP contribution in [0.1, 0.15) is 51.4 Å². The smallest absolute Gasteiger partial charge is 0.293 e. The molecule has 103 valence electrons. The summed E-state index contributed by atoms with van der Waals surface area (Å²) in [6.45, 7) is 0.552. The molecule has 0 N–H and O–H groups in total. The van der Waals surface area contributed by atoms with Crippen LogP contribution in [0.3, 0.4) is 0 Å². The third-order valence-electron chi connectivity index (χ3n) is 3.35. The van der Waals surface area contributed by atoms with Crippen LogP contribution in [0.15, 0.2) is 0 Å². The number of rotatable bonds is 3. The quantitative estimate of drug-likeness (QED) is 0.590. The maximum absolute atomic E-state index is 9.84. The van der Waals surface area contributed by atoms with Crippen molar-refractivity contribution in [3.05, 3.63) is 12.8 Å². The van der Waals surface area contributed by atoms with Crippen molar-refractivity contribution in [1.29, 1.82) is 0 Å². The third kappa shape index (κ3) is 8.60. The van der Waals surface area contributed by atoms with Crippen molar-refractivity contribution in [1.82, 2.24) is 0 Å². The van der Waals surface area contributed by atoms with E-state index in [0.29, 0.717) is 12.6 Å². The van der Waals surface area contributed by atoms with Crippen LogP contribution in [0.4, 0.5) is 0 Å². The van der Waals surface area contributed by atoms with Gasteiger partial charge in [0.05, 0.1) is 12.2 Å². The predicted octanol–water partition coefficient (Wildman–Crippen LogP) is 3.08. The zero-order chi connectivity index (χ0) is 12.3. The van der Waals surface area contributed by atoms with Crippen LogP contribution >= 0.6 is 0 Å². The van der Waals surface area contributed by atoms with Gasteiger partial charge in [-0.2, -0.15) is 25.7 Å². The third-order valence-corrected chi connectivity index (χ3v) is 3.35. The first-order chi connectivity index (χ1) is 8.36. The molecule has 1 radical (unpaired) electrons. The molecule has 0 unspecified atom stereocenters. The van der Waals surface area contributed by atoms with Gasteiger partial charge in [-0.15, -0.1) is 0 Å². The van der Waals surface area contributed by atoms with Gasteiger partial charge in [-0.3, -0.25) is 4.79 Å². The second-order valence-electron chi connectivity index (χ2n) is 4.60. The summed E-state index contributed by atoms with van der Waals surface area (Å²) >= 11 is 0. The first-order valence-electron chi connectivity index (χ1n) is 6.62. The van der Waals surface area contributed by atoms with E-state index in [4.69, 9.17) is 9.47 Å². The van der Waals surface area contributed by atoms with Gasteiger partial charge >= 0.3 is 0 Å². The minimum Gasteiger partial charge on any atom is -0.465 e. The zero-order valence-corrected chi connectivity index (χ0v) is 14.2. The molecule has 0 heterocycles. The molecule has 0 aromatic rings. The van der Waals surface area contributed by atoms with Gasteiger partial charge in [-0.1, -0.05) is 12.8 Å². The van der Waals surface area contributed by atoms with Crippen LogP contribution < -0.4 is 0 Å². The van der Waals surface area contributed by atoms with Gasteiger partial charge in [0.2, 0.25) is 0 Å². The molecule has 4 heteroatoms. The molecule has 0 spiro atoms. The summed E-state index contributed by atoms with van der Waals surface area (Å²) in [6.07, 6.45) is 14.5. The van der Waals surface area contributed by atoms with Crippen LogP contribution in [0.2, 0.25) is 0 Å². The van der Waals surface area contributed by atoms with Crippen molar-refractivity contribution in [2.24, 2.45) is 0 Å². The summed E-state index contributed by atoms with van der Waals surface area (Å²) in [7, 11) is 1.80. The van der Waals surface area contributed by atoms with Crippen molar-refractivity contribution < 1.29 is 47.0 Å². The molecular formula is C14H24O3Y-2. The van der Waals surface area contributed by atoms with E-state index >= 15 is 0 Å². The van der Waals surface area contributed by atoms with Gasteiger partial charge in [0.15, 0.2) is 0 Å².